The third-order valence-electron chi connectivity index (χ3n) is 4.46. The predicted octanol–water partition coefficient (Wildman–Crippen LogP) is 1.73. The second-order valence-electron chi connectivity index (χ2n) is 6.35. The number of hydrogen-bond donors (Lipinski definition) is 1. The maximum atomic E-state index is 12.5. The summed E-state index contributed by atoms with van der Waals surface area (Å²) >= 11 is 0. The Balaban J connectivity index is 1.60. The summed E-state index contributed by atoms with van der Waals surface area (Å²) in [6.45, 7) is 5.13. The molecule has 0 spiro atoms. The van der Waals surface area contributed by atoms with Crippen molar-refractivity contribution in [3.8, 4) is 0 Å². The molecule has 8 heteroatoms. The zero-order valence-electron chi connectivity index (χ0n) is 15.3. The number of carbonyl (C=O) groups is 3. The van der Waals surface area contributed by atoms with E-state index in [1.54, 1.807) is 34.1 Å². The molecule has 2 amide bonds. The Morgan fingerprint density at radius 2 is 1.41 bits per heavy atom. The molecule has 3 rings (SSSR count). The minimum atomic E-state index is -0.143. The zero-order valence-corrected chi connectivity index (χ0v) is 15.3. The van der Waals surface area contributed by atoms with Crippen LogP contribution in [0.25, 0.3) is 0 Å². The molecule has 1 N–H and O–H groups in total. The summed E-state index contributed by atoms with van der Waals surface area (Å²) in [4.78, 5) is 47.0. The summed E-state index contributed by atoms with van der Waals surface area (Å²) in [6, 6.07) is 6.99. The van der Waals surface area contributed by atoms with Gasteiger partial charge in [-0.25, -0.2) is 9.97 Å². The van der Waals surface area contributed by atoms with Crippen LogP contribution < -0.4 is 5.32 Å². The first-order valence-corrected chi connectivity index (χ1v) is 8.69. The van der Waals surface area contributed by atoms with E-state index in [0.29, 0.717) is 43.3 Å². The number of Topliss-reactive ketones (excluding diaryl/α,β-unsaturated/α-hetero) is 1. The molecule has 2 heterocycles. The summed E-state index contributed by atoms with van der Waals surface area (Å²) in [7, 11) is 0. The summed E-state index contributed by atoms with van der Waals surface area (Å²) in [6.07, 6.45) is 2.97. The summed E-state index contributed by atoms with van der Waals surface area (Å²) in [5, 5.41) is 3.03. The van der Waals surface area contributed by atoms with Gasteiger partial charge in [0.2, 0.25) is 11.9 Å². The first kappa shape index (κ1) is 18.5. The van der Waals surface area contributed by atoms with Crippen LogP contribution in [0, 0.1) is 0 Å². The molecule has 0 atom stereocenters. The SMILES string of the molecule is CC(=O)c1ccc(Nc2ncc(C(=O)N3CCN(C(C)=O)CC3)cn2)cc1. The van der Waals surface area contributed by atoms with Gasteiger partial charge in [-0.3, -0.25) is 14.4 Å². The van der Waals surface area contributed by atoms with E-state index < -0.39 is 0 Å². The van der Waals surface area contributed by atoms with Crippen LogP contribution in [0.1, 0.15) is 34.6 Å². The van der Waals surface area contributed by atoms with E-state index in [1.165, 1.54) is 26.2 Å². The molecule has 2 aromatic rings. The Morgan fingerprint density at radius 1 is 0.852 bits per heavy atom. The first-order chi connectivity index (χ1) is 12.9. The van der Waals surface area contributed by atoms with Crippen molar-refractivity contribution in [2.75, 3.05) is 31.5 Å². The van der Waals surface area contributed by atoms with Gasteiger partial charge in [-0.2, -0.15) is 0 Å². The topological polar surface area (TPSA) is 95.5 Å². The van der Waals surface area contributed by atoms with Crippen molar-refractivity contribution in [3.05, 3.63) is 47.8 Å². The van der Waals surface area contributed by atoms with Crippen LogP contribution >= 0.6 is 0 Å². The highest BCUT2D eigenvalue weighted by Gasteiger charge is 2.23. The molecule has 0 saturated carbocycles. The highest BCUT2D eigenvalue weighted by Crippen LogP contribution is 2.15. The maximum Gasteiger partial charge on any atom is 0.257 e. The largest absolute Gasteiger partial charge is 0.339 e. The van der Waals surface area contributed by atoms with Crippen LogP contribution in [0.4, 0.5) is 11.6 Å². The van der Waals surface area contributed by atoms with Gasteiger partial charge in [0.15, 0.2) is 5.78 Å². The smallest absolute Gasteiger partial charge is 0.257 e. The Kier molecular flexibility index (Phi) is 5.44. The van der Waals surface area contributed by atoms with Gasteiger partial charge in [0.25, 0.3) is 5.91 Å². The monoisotopic (exact) mass is 367 g/mol. The lowest BCUT2D eigenvalue weighted by Gasteiger charge is -2.34. The number of hydrogen-bond acceptors (Lipinski definition) is 6. The molecule has 1 aromatic carbocycles. The summed E-state index contributed by atoms with van der Waals surface area (Å²) in [5.74, 6) is 0.251. The minimum Gasteiger partial charge on any atom is -0.339 e. The molecule has 0 bridgehead atoms. The Morgan fingerprint density at radius 3 is 1.93 bits per heavy atom. The fraction of sp³-hybridized carbons (Fsp3) is 0.316. The molecule has 0 radical (unpaired) electrons. The molecule has 140 valence electrons. The molecule has 0 unspecified atom stereocenters. The molecule has 1 aliphatic heterocycles. The number of nitrogens with zero attached hydrogens (tertiary/aromatic N) is 4. The number of nitrogens with one attached hydrogen (secondary N) is 1. The quantitative estimate of drug-likeness (QED) is 0.827. The highest BCUT2D eigenvalue weighted by atomic mass is 16.2. The molecular formula is C19H21N5O3. The summed E-state index contributed by atoms with van der Waals surface area (Å²) in [5.41, 5.74) is 1.79. The van der Waals surface area contributed by atoms with Crippen molar-refractivity contribution in [2.45, 2.75) is 13.8 Å². The zero-order chi connectivity index (χ0) is 19.4. The maximum absolute atomic E-state index is 12.5. The summed E-state index contributed by atoms with van der Waals surface area (Å²) < 4.78 is 0. The predicted molar refractivity (Wildman–Crippen MR) is 99.9 cm³/mol. The van der Waals surface area contributed by atoms with Crippen molar-refractivity contribution in [3.63, 3.8) is 0 Å². The van der Waals surface area contributed by atoms with Crippen LogP contribution in [0.5, 0.6) is 0 Å². The molecule has 1 aliphatic rings. The first-order valence-electron chi connectivity index (χ1n) is 8.69. The van der Waals surface area contributed by atoms with Crippen molar-refractivity contribution in [1.29, 1.82) is 0 Å². The fourth-order valence-electron chi connectivity index (χ4n) is 2.83. The number of rotatable bonds is 4. The van der Waals surface area contributed by atoms with Gasteiger partial charge in [0.1, 0.15) is 0 Å². The second-order valence-corrected chi connectivity index (χ2v) is 6.35. The van der Waals surface area contributed by atoms with Crippen LogP contribution in [-0.4, -0.2) is 63.5 Å². The Bertz CT molecular complexity index is 841. The number of amides is 2. The molecule has 1 saturated heterocycles. The van der Waals surface area contributed by atoms with E-state index >= 15 is 0 Å². The molecular weight excluding hydrogens is 346 g/mol. The minimum absolute atomic E-state index is 0.00445. The number of aromatic nitrogens is 2. The van der Waals surface area contributed by atoms with Gasteiger partial charge < -0.3 is 15.1 Å². The van der Waals surface area contributed by atoms with Gasteiger partial charge in [0, 0.05) is 56.7 Å². The average Bonchev–Trinajstić information content (AvgIpc) is 2.68. The van der Waals surface area contributed by atoms with E-state index in [4.69, 9.17) is 0 Å². The number of benzene rings is 1. The van der Waals surface area contributed by atoms with E-state index in [-0.39, 0.29) is 17.6 Å². The third kappa shape index (κ3) is 4.46. The number of carbonyl (C=O) groups excluding carboxylic acids is 3. The average molecular weight is 367 g/mol. The molecule has 8 nitrogen and oxygen atoms in total. The lowest BCUT2D eigenvalue weighted by atomic mass is 10.1. The van der Waals surface area contributed by atoms with Crippen LogP contribution in [0.3, 0.4) is 0 Å². The highest BCUT2D eigenvalue weighted by molar-refractivity contribution is 5.94. The third-order valence-corrected chi connectivity index (χ3v) is 4.46. The van der Waals surface area contributed by atoms with Crippen LogP contribution in [0.2, 0.25) is 0 Å². The molecule has 27 heavy (non-hydrogen) atoms. The van der Waals surface area contributed by atoms with Crippen molar-refractivity contribution in [1.82, 2.24) is 19.8 Å². The van der Waals surface area contributed by atoms with Gasteiger partial charge in [0.05, 0.1) is 5.56 Å². The molecule has 1 fully saturated rings. The Hall–Kier alpha value is -3.29. The number of ketones is 1. The Labute approximate surface area is 157 Å². The van der Waals surface area contributed by atoms with Gasteiger partial charge in [-0.15, -0.1) is 0 Å². The van der Waals surface area contributed by atoms with Gasteiger partial charge in [-0.1, -0.05) is 0 Å². The van der Waals surface area contributed by atoms with E-state index in [2.05, 4.69) is 15.3 Å². The van der Waals surface area contributed by atoms with Crippen molar-refractivity contribution >= 4 is 29.2 Å². The van der Waals surface area contributed by atoms with Crippen LogP contribution in [0.15, 0.2) is 36.7 Å². The van der Waals surface area contributed by atoms with Crippen molar-refractivity contribution < 1.29 is 14.4 Å². The molecule has 1 aromatic heterocycles. The van der Waals surface area contributed by atoms with E-state index in [9.17, 15) is 14.4 Å². The van der Waals surface area contributed by atoms with Gasteiger partial charge in [-0.05, 0) is 31.2 Å². The number of piperazine rings is 1. The lowest BCUT2D eigenvalue weighted by molar-refractivity contribution is -0.130. The van der Waals surface area contributed by atoms with Crippen LogP contribution in [-0.2, 0) is 4.79 Å². The van der Waals surface area contributed by atoms with E-state index in [1.807, 2.05) is 0 Å². The lowest BCUT2D eigenvalue weighted by Crippen LogP contribution is -2.50. The van der Waals surface area contributed by atoms with E-state index in [0.717, 1.165) is 5.69 Å². The fourth-order valence-corrected chi connectivity index (χ4v) is 2.83. The van der Waals surface area contributed by atoms with Gasteiger partial charge >= 0.3 is 0 Å². The molecule has 0 aliphatic carbocycles. The normalized spacial score (nSPS) is 14.0. The number of anilines is 2. The standard InChI is InChI=1S/C19H21N5O3/c1-13(25)15-3-5-17(6-4-15)22-19-20-11-16(12-21-19)18(27)24-9-7-23(8-10-24)14(2)26/h3-6,11-12H,7-10H2,1-2H3,(H,20,21,22). The van der Waals surface area contributed by atoms with Crippen molar-refractivity contribution in [2.24, 2.45) is 0 Å². The second kappa shape index (κ2) is 7.94.